The first-order chi connectivity index (χ1) is 16.9. The minimum absolute atomic E-state index is 0. The summed E-state index contributed by atoms with van der Waals surface area (Å²) in [6.07, 6.45) is -1.91. The third-order valence-corrected chi connectivity index (χ3v) is 4.62. The van der Waals surface area contributed by atoms with Gasteiger partial charge in [0.15, 0.2) is 0 Å². The molecule has 188 valence electrons. The van der Waals surface area contributed by atoms with Gasteiger partial charge in [-0.2, -0.15) is 33.2 Å². The van der Waals surface area contributed by atoms with Crippen molar-refractivity contribution in [3.05, 3.63) is 83.8 Å². The van der Waals surface area contributed by atoms with Gasteiger partial charge in [-0.25, -0.2) is 5.43 Å². The topological polar surface area (TPSA) is 109 Å². The lowest BCUT2D eigenvalue weighted by molar-refractivity contribution is -0.137. The Morgan fingerprint density at radius 2 is 1.67 bits per heavy atom. The van der Waals surface area contributed by atoms with Gasteiger partial charge in [0, 0.05) is 11.3 Å². The summed E-state index contributed by atoms with van der Waals surface area (Å²) in [6, 6.07) is 15.7. The predicted octanol–water partition coefficient (Wildman–Crippen LogP) is 5.72. The number of alkyl halides is 3. The van der Waals surface area contributed by atoms with Gasteiger partial charge >= 0.3 is 6.18 Å². The molecule has 9 nitrogen and oxygen atoms in total. The molecule has 2 aromatic carbocycles. The van der Waals surface area contributed by atoms with E-state index in [0.29, 0.717) is 23.7 Å². The SMILES string of the molecule is COc1ccc(Nc2nc(NCc3ccco3)nc(NN=Cc3ccccc3C(F)(F)F)n2)cc1.Cl. The Hall–Kier alpha value is -4.32. The van der Waals surface area contributed by atoms with Crippen LogP contribution in [0, 0.1) is 0 Å². The van der Waals surface area contributed by atoms with Crippen LogP contribution < -0.4 is 20.8 Å². The Labute approximate surface area is 210 Å². The van der Waals surface area contributed by atoms with Crippen LogP contribution in [0.15, 0.2) is 76.4 Å². The lowest BCUT2D eigenvalue weighted by Crippen LogP contribution is -2.10. The number of furan rings is 1. The van der Waals surface area contributed by atoms with E-state index in [9.17, 15) is 13.2 Å². The van der Waals surface area contributed by atoms with Crippen molar-refractivity contribution in [3.8, 4) is 5.75 Å². The van der Waals surface area contributed by atoms with Gasteiger partial charge in [-0.3, -0.25) is 0 Å². The Kier molecular flexibility index (Phi) is 8.68. The van der Waals surface area contributed by atoms with Gasteiger partial charge in [0.05, 0.1) is 31.7 Å². The van der Waals surface area contributed by atoms with Crippen LogP contribution in [-0.4, -0.2) is 28.3 Å². The molecular formula is C23H21ClF3N7O2. The zero-order valence-corrected chi connectivity index (χ0v) is 19.6. The third-order valence-electron chi connectivity index (χ3n) is 4.62. The number of hydrogen-bond donors (Lipinski definition) is 3. The molecule has 0 bridgehead atoms. The van der Waals surface area contributed by atoms with Crippen molar-refractivity contribution in [3.63, 3.8) is 0 Å². The predicted molar refractivity (Wildman–Crippen MR) is 132 cm³/mol. The molecule has 0 spiro atoms. The zero-order chi connectivity index (χ0) is 24.7. The van der Waals surface area contributed by atoms with E-state index in [-0.39, 0.29) is 35.8 Å². The number of aromatic nitrogens is 3. The van der Waals surface area contributed by atoms with Crippen molar-refractivity contribution < 1.29 is 22.3 Å². The second-order valence-corrected chi connectivity index (χ2v) is 7.05. The molecule has 0 saturated carbocycles. The van der Waals surface area contributed by atoms with Gasteiger partial charge in [0.1, 0.15) is 11.5 Å². The number of halogens is 4. The maximum Gasteiger partial charge on any atom is 0.417 e. The van der Waals surface area contributed by atoms with Crippen LogP contribution in [0.5, 0.6) is 5.75 Å². The number of nitrogens with one attached hydrogen (secondary N) is 3. The number of nitrogens with zero attached hydrogens (tertiary/aromatic N) is 4. The van der Waals surface area contributed by atoms with E-state index >= 15 is 0 Å². The van der Waals surface area contributed by atoms with Crippen LogP contribution in [0.1, 0.15) is 16.9 Å². The number of methoxy groups -OCH3 is 1. The highest BCUT2D eigenvalue weighted by atomic mass is 35.5. The standard InChI is InChI=1S/C23H20F3N7O2.ClH/c1-34-17-10-8-16(9-11-17)29-21-30-20(27-14-18-6-4-12-35-18)31-22(32-21)33-28-13-15-5-2-3-7-19(15)23(24,25)26;/h2-13H,14H2,1H3,(H3,27,29,30,31,32,33);1H. The average Bonchev–Trinajstić information content (AvgIpc) is 3.37. The van der Waals surface area contributed by atoms with Crippen molar-refractivity contribution in [1.82, 2.24) is 15.0 Å². The molecule has 0 fully saturated rings. The van der Waals surface area contributed by atoms with Gasteiger partial charge in [-0.05, 0) is 42.5 Å². The second-order valence-electron chi connectivity index (χ2n) is 7.05. The van der Waals surface area contributed by atoms with Crippen molar-refractivity contribution in [2.75, 3.05) is 23.2 Å². The Bertz CT molecular complexity index is 1280. The normalized spacial score (nSPS) is 11.1. The molecule has 0 unspecified atom stereocenters. The smallest absolute Gasteiger partial charge is 0.417 e. The lowest BCUT2D eigenvalue weighted by atomic mass is 10.1. The van der Waals surface area contributed by atoms with Crippen LogP contribution in [0.25, 0.3) is 0 Å². The highest BCUT2D eigenvalue weighted by Gasteiger charge is 2.32. The molecule has 36 heavy (non-hydrogen) atoms. The summed E-state index contributed by atoms with van der Waals surface area (Å²) in [7, 11) is 1.57. The van der Waals surface area contributed by atoms with Crippen molar-refractivity contribution in [2.24, 2.45) is 5.10 Å². The second kappa shape index (κ2) is 11.9. The minimum atomic E-state index is -4.51. The summed E-state index contributed by atoms with van der Waals surface area (Å²) < 4.78 is 50.1. The number of hydrogen-bond acceptors (Lipinski definition) is 9. The van der Waals surface area contributed by atoms with E-state index < -0.39 is 11.7 Å². The first-order valence-electron chi connectivity index (χ1n) is 10.3. The summed E-state index contributed by atoms with van der Waals surface area (Å²) in [5.74, 6) is 1.73. The lowest BCUT2D eigenvalue weighted by Gasteiger charge is -2.10. The van der Waals surface area contributed by atoms with Gasteiger partial charge in [0.2, 0.25) is 17.8 Å². The number of ether oxygens (including phenoxy) is 1. The maximum absolute atomic E-state index is 13.2. The average molecular weight is 520 g/mol. The van der Waals surface area contributed by atoms with Crippen molar-refractivity contribution in [1.29, 1.82) is 0 Å². The maximum atomic E-state index is 13.2. The first kappa shape index (κ1) is 26.3. The van der Waals surface area contributed by atoms with Crippen molar-refractivity contribution >= 4 is 42.2 Å². The summed E-state index contributed by atoms with van der Waals surface area (Å²) in [4.78, 5) is 12.8. The first-order valence-corrected chi connectivity index (χ1v) is 10.3. The Morgan fingerprint density at radius 3 is 2.36 bits per heavy atom. The monoisotopic (exact) mass is 519 g/mol. The molecule has 0 amide bonds. The number of anilines is 4. The zero-order valence-electron chi connectivity index (χ0n) is 18.8. The molecule has 13 heteroatoms. The Morgan fingerprint density at radius 1 is 0.944 bits per heavy atom. The van der Waals surface area contributed by atoms with Gasteiger partial charge < -0.3 is 19.8 Å². The van der Waals surface area contributed by atoms with E-state index in [2.05, 4.69) is 36.1 Å². The molecule has 0 atom stereocenters. The summed E-state index contributed by atoms with van der Waals surface area (Å²) in [5, 5.41) is 9.95. The quantitative estimate of drug-likeness (QED) is 0.190. The van der Waals surface area contributed by atoms with E-state index in [1.54, 1.807) is 49.8 Å². The van der Waals surface area contributed by atoms with Crippen molar-refractivity contribution in [2.45, 2.75) is 12.7 Å². The van der Waals surface area contributed by atoms with E-state index in [4.69, 9.17) is 9.15 Å². The Balaban J connectivity index is 0.00000361. The molecule has 0 aliphatic carbocycles. The van der Waals surface area contributed by atoms with Crippen LogP contribution in [0.4, 0.5) is 36.7 Å². The fourth-order valence-electron chi connectivity index (χ4n) is 2.97. The summed E-state index contributed by atoms with van der Waals surface area (Å²) in [6.45, 7) is 0.306. The van der Waals surface area contributed by atoms with Gasteiger partial charge in [-0.1, -0.05) is 18.2 Å². The molecule has 4 aromatic rings. The highest BCUT2D eigenvalue weighted by molar-refractivity contribution is 5.85. The van der Waals surface area contributed by atoms with Gasteiger partial charge in [0.25, 0.3) is 0 Å². The van der Waals surface area contributed by atoms with Crippen LogP contribution >= 0.6 is 12.4 Å². The van der Waals surface area contributed by atoms with Gasteiger partial charge in [-0.15, -0.1) is 12.4 Å². The van der Waals surface area contributed by atoms with E-state index in [0.717, 1.165) is 12.3 Å². The molecule has 2 heterocycles. The van der Waals surface area contributed by atoms with E-state index in [1.165, 1.54) is 18.2 Å². The third kappa shape index (κ3) is 7.09. The van der Waals surface area contributed by atoms with Crippen LogP contribution in [-0.2, 0) is 12.7 Å². The number of rotatable bonds is 9. The molecule has 4 rings (SSSR count). The molecule has 0 saturated heterocycles. The molecule has 0 aliphatic heterocycles. The highest BCUT2D eigenvalue weighted by Crippen LogP contribution is 2.31. The minimum Gasteiger partial charge on any atom is -0.497 e. The fourth-order valence-corrected chi connectivity index (χ4v) is 2.97. The molecule has 0 radical (unpaired) electrons. The van der Waals surface area contributed by atoms with Crippen LogP contribution in [0.3, 0.4) is 0 Å². The summed E-state index contributed by atoms with van der Waals surface area (Å²) in [5.41, 5.74) is 2.34. The number of benzene rings is 2. The molecule has 2 aromatic heterocycles. The fraction of sp³-hybridized carbons (Fsp3) is 0.130. The van der Waals surface area contributed by atoms with E-state index in [1.807, 2.05) is 0 Å². The molecule has 3 N–H and O–H groups in total. The summed E-state index contributed by atoms with van der Waals surface area (Å²) >= 11 is 0. The molecule has 0 aliphatic rings. The van der Waals surface area contributed by atoms with Crippen LogP contribution in [0.2, 0.25) is 0 Å². The largest absolute Gasteiger partial charge is 0.497 e. The number of hydrazone groups is 1. The molecular weight excluding hydrogens is 499 g/mol.